The molecule has 1 heterocycles. The SMILES string of the molecule is CC(C)Oc1ncnc(NCC2CCCC2CO)c1N. The number of hydrogen-bond donors (Lipinski definition) is 3. The van der Waals surface area contributed by atoms with Gasteiger partial charge in [0, 0.05) is 13.2 Å². The zero-order valence-corrected chi connectivity index (χ0v) is 12.2. The number of rotatable bonds is 6. The average molecular weight is 280 g/mol. The Kier molecular flexibility index (Phi) is 5.00. The lowest BCUT2D eigenvalue weighted by atomic mass is 9.97. The van der Waals surface area contributed by atoms with E-state index in [0.29, 0.717) is 29.2 Å². The highest BCUT2D eigenvalue weighted by atomic mass is 16.5. The molecule has 112 valence electrons. The van der Waals surface area contributed by atoms with Gasteiger partial charge in [0.05, 0.1) is 6.10 Å². The van der Waals surface area contributed by atoms with Crippen molar-refractivity contribution in [3.63, 3.8) is 0 Å². The number of nitrogens with two attached hydrogens (primary N) is 1. The van der Waals surface area contributed by atoms with Crippen LogP contribution >= 0.6 is 0 Å². The van der Waals surface area contributed by atoms with Crippen LogP contribution in [0.1, 0.15) is 33.1 Å². The van der Waals surface area contributed by atoms with E-state index in [-0.39, 0.29) is 12.7 Å². The fourth-order valence-electron chi connectivity index (χ4n) is 2.69. The quantitative estimate of drug-likeness (QED) is 0.734. The minimum atomic E-state index is 0.0219. The second-order valence-corrected chi connectivity index (χ2v) is 5.62. The standard InChI is InChI=1S/C14H24N4O2/c1-9(2)20-14-12(15)13(17-8-18-14)16-6-10-4-3-5-11(10)7-19/h8-11,19H,3-7,15H2,1-2H3,(H,16,17,18). The molecule has 1 aromatic rings. The summed E-state index contributed by atoms with van der Waals surface area (Å²) in [4.78, 5) is 8.22. The van der Waals surface area contributed by atoms with E-state index in [0.717, 1.165) is 19.4 Å². The van der Waals surface area contributed by atoms with Gasteiger partial charge in [0.2, 0.25) is 5.88 Å². The molecule has 0 radical (unpaired) electrons. The van der Waals surface area contributed by atoms with E-state index in [9.17, 15) is 5.11 Å². The normalized spacial score (nSPS) is 22.2. The molecule has 1 aliphatic carbocycles. The van der Waals surface area contributed by atoms with E-state index < -0.39 is 0 Å². The Morgan fingerprint density at radius 2 is 2.15 bits per heavy atom. The van der Waals surface area contributed by atoms with Crippen LogP contribution in [0.2, 0.25) is 0 Å². The molecule has 1 aromatic heterocycles. The van der Waals surface area contributed by atoms with Crippen molar-refractivity contribution in [2.75, 3.05) is 24.2 Å². The molecule has 0 saturated heterocycles. The lowest BCUT2D eigenvalue weighted by Crippen LogP contribution is -2.22. The Hall–Kier alpha value is -1.56. The monoisotopic (exact) mass is 280 g/mol. The Bertz CT molecular complexity index is 439. The maximum absolute atomic E-state index is 9.33. The topological polar surface area (TPSA) is 93.3 Å². The third-order valence-electron chi connectivity index (χ3n) is 3.78. The molecule has 0 aromatic carbocycles. The molecule has 2 atom stereocenters. The number of hydrogen-bond acceptors (Lipinski definition) is 6. The van der Waals surface area contributed by atoms with Crippen LogP contribution in [0.3, 0.4) is 0 Å². The second kappa shape index (κ2) is 6.74. The highest BCUT2D eigenvalue weighted by Crippen LogP contribution is 2.32. The van der Waals surface area contributed by atoms with Crippen LogP contribution < -0.4 is 15.8 Å². The van der Waals surface area contributed by atoms with Gasteiger partial charge in [0.1, 0.15) is 12.0 Å². The van der Waals surface area contributed by atoms with Gasteiger partial charge in [0.15, 0.2) is 5.82 Å². The number of anilines is 2. The Balaban J connectivity index is 1.99. The molecule has 0 amide bonds. The lowest BCUT2D eigenvalue weighted by molar-refractivity contribution is 0.199. The average Bonchev–Trinajstić information content (AvgIpc) is 2.86. The van der Waals surface area contributed by atoms with Gasteiger partial charge < -0.3 is 20.9 Å². The van der Waals surface area contributed by atoms with Gasteiger partial charge in [-0.3, -0.25) is 0 Å². The molecule has 2 unspecified atom stereocenters. The summed E-state index contributed by atoms with van der Waals surface area (Å²) < 4.78 is 5.54. The van der Waals surface area contributed by atoms with Crippen molar-refractivity contribution in [1.82, 2.24) is 9.97 Å². The Morgan fingerprint density at radius 3 is 2.85 bits per heavy atom. The zero-order chi connectivity index (χ0) is 14.5. The maximum Gasteiger partial charge on any atom is 0.242 e. The number of aliphatic hydroxyl groups excluding tert-OH is 1. The van der Waals surface area contributed by atoms with Crippen molar-refractivity contribution in [3.8, 4) is 5.88 Å². The number of aliphatic hydroxyl groups is 1. The summed E-state index contributed by atoms with van der Waals surface area (Å²) in [6, 6.07) is 0. The van der Waals surface area contributed by atoms with Crippen molar-refractivity contribution in [2.45, 2.75) is 39.2 Å². The second-order valence-electron chi connectivity index (χ2n) is 5.62. The summed E-state index contributed by atoms with van der Waals surface area (Å²) in [6.45, 7) is 4.89. The van der Waals surface area contributed by atoms with Crippen molar-refractivity contribution >= 4 is 11.5 Å². The summed E-state index contributed by atoms with van der Waals surface area (Å²) >= 11 is 0. The number of nitrogen functional groups attached to an aromatic ring is 1. The molecule has 1 aliphatic rings. The fraction of sp³-hybridized carbons (Fsp3) is 0.714. The largest absolute Gasteiger partial charge is 0.473 e. The van der Waals surface area contributed by atoms with Gasteiger partial charge in [-0.25, -0.2) is 4.98 Å². The summed E-state index contributed by atoms with van der Waals surface area (Å²) in [5, 5.41) is 12.6. The van der Waals surface area contributed by atoms with Gasteiger partial charge in [-0.15, -0.1) is 0 Å². The summed E-state index contributed by atoms with van der Waals surface area (Å²) in [5.41, 5.74) is 6.47. The maximum atomic E-state index is 9.33. The molecule has 20 heavy (non-hydrogen) atoms. The Morgan fingerprint density at radius 1 is 1.40 bits per heavy atom. The zero-order valence-electron chi connectivity index (χ0n) is 12.2. The van der Waals surface area contributed by atoms with Gasteiger partial charge in [-0.2, -0.15) is 4.98 Å². The lowest BCUT2D eigenvalue weighted by Gasteiger charge is -2.19. The van der Waals surface area contributed by atoms with Gasteiger partial charge in [-0.1, -0.05) is 6.42 Å². The Labute approximate surface area is 119 Å². The van der Waals surface area contributed by atoms with Crippen LogP contribution in [-0.2, 0) is 0 Å². The third-order valence-corrected chi connectivity index (χ3v) is 3.78. The predicted octanol–water partition coefficient (Wildman–Crippen LogP) is 1.67. The minimum absolute atomic E-state index is 0.0219. The van der Waals surface area contributed by atoms with Crippen molar-refractivity contribution in [2.24, 2.45) is 11.8 Å². The molecule has 0 spiro atoms. The van der Waals surface area contributed by atoms with E-state index in [1.807, 2.05) is 13.8 Å². The molecule has 1 saturated carbocycles. The molecule has 0 bridgehead atoms. The van der Waals surface area contributed by atoms with Crippen LogP contribution in [0.5, 0.6) is 5.88 Å². The van der Waals surface area contributed by atoms with Crippen LogP contribution in [-0.4, -0.2) is 34.3 Å². The minimum Gasteiger partial charge on any atom is -0.473 e. The molecule has 2 rings (SSSR count). The van der Waals surface area contributed by atoms with Crippen LogP contribution in [0.15, 0.2) is 6.33 Å². The first-order chi connectivity index (χ1) is 9.61. The molecule has 0 aliphatic heterocycles. The van der Waals surface area contributed by atoms with Crippen LogP contribution in [0.25, 0.3) is 0 Å². The van der Waals surface area contributed by atoms with E-state index in [1.54, 1.807) is 0 Å². The van der Waals surface area contributed by atoms with Crippen LogP contribution in [0, 0.1) is 11.8 Å². The van der Waals surface area contributed by atoms with Crippen LogP contribution in [0.4, 0.5) is 11.5 Å². The first-order valence-electron chi connectivity index (χ1n) is 7.23. The number of nitrogens with one attached hydrogen (secondary N) is 1. The highest BCUT2D eigenvalue weighted by molar-refractivity contribution is 5.66. The third kappa shape index (κ3) is 3.50. The smallest absolute Gasteiger partial charge is 0.242 e. The van der Waals surface area contributed by atoms with E-state index in [4.69, 9.17) is 10.5 Å². The number of aromatic nitrogens is 2. The van der Waals surface area contributed by atoms with E-state index in [2.05, 4.69) is 15.3 Å². The molecule has 1 fully saturated rings. The van der Waals surface area contributed by atoms with E-state index in [1.165, 1.54) is 12.7 Å². The first kappa shape index (κ1) is 14.8. The summed E-state index contributed by atoms with van der Waals surface area (Å²) in [5.74, 6) is 1.89. The van der Waals surface area contributed by atoms with Crippen molar-refractivity contribution in [1.29, 1.82) is 0 Å². The van der Waals surface area contributed by atoms with Crippen molar-refractivity contribution < 1.29 is 9.84 Å². The summed E-state index contributed by atoms with van der Waals surface area (Å²) in [6.07, 6.45) is 4.89. The van der Waals surface area contributed by atoms with Gasteiger partial charge in [-0.05, 0) is 38.5 Å². The van der Waals surface area contributed by atoms with Gasteiger partial charge in [0.25, 0.3) is 0 Å². The molecular weight excluding hydrogens is 256 g/mol. The molecule has 6 heteroatoms. The summed E-state index contributed by atoms with van der Waals surface area (Å²) in [7, 11) is 0. The molecular formula is C14H24N4O2. The first-order valence-corrected chi connectivity index (χ1v) is 7.23. The number of nitrogens with zero attached hydrogens (tertiary/aromatic N) is 2. The van der Waals surface area contributed by atoms with Crippen molar-refractivity contribution in [3.05, 3.63) is 6.33 Å². The predicted molar refractivity (Wildman–Crippen MR) is 78.6 cm³/mol. The highest BCUT2D eigenvalue weighted by Gasteiger charge is 2.26. The van der Waals surface area contributed by atoms with E-state index >= 15 is 0 Å². The molecule has 6 nitrogen and oxygen atoms in total. The molecule has 4 N–H and O–H groups in total. The fourth-order valence-corrected chi connectivity index (χ4v) is 2.69. The number of ether oxygens (including phenoxy) is 1. The van der Waals surface area contributed by atoms with Gasteiger partial charge >= 0.3 is 0 Å².